The number of hydrogen-bond acceptors (Lipinski definition) is 3. The summed E-state index contributed by atoms with van der Waals surface area (Å²) in [6.45, 7) is 0. The van der Waals surface area contributed by atoms with Gasteiger partial charge in [0.2, 0.25) is 0 Å². The highest BCUT2D eigenvalue weighted by Crippen LogP contribution is 2.20. The molecule has 114 valence electrons. The molecular formula is C18H16N4O. The summed E-state index contributed by atoms with van der Waals surface area (Å²) in [5.41, 5.74) is 3.31. The summed E-state index contributed by atoms with van der Waals surface area (Å²) in [6.07, 6.45) is 7.49. The van der Waals surface area contributed by atoms with Crippen molar-refractivity contribution in [1.82, 2.24) is 20.1 Å². The molecule has 0 radical (unpaired) electrons. The second-order valence-electron chi connectivity index (χ2n) is 5.69. The first-order valence-electron chi connectivity index (χ1n) is 7.67. The van der Waals surface area contributed by atoms with Crippen molar-refractivity contribution in [1.29, 1.82) is 0 Å². The van der Waals surface area contributed by atoms with Gasteiger partial charge in [-0.3, -0.25) is 9.78 Å². The zero-order valence-electron chi connectivity index (χ0n) is 12.5. The van der Waals surface area contributed by atoms with E-state index >= 15 is 0 Å². The van der Waals surface area contributed by atoms with Crippen LogP contribution in [0.15, 0.2) is 61.1 Å². The molecule has 23 heavy (non-hydrogen) atoms. The van der Waals surface area contributed by atoms with Crippen LogP contribution in [0, 0.1) is 0 Å². The van der Waals surface area contributed by atoms with E-state index in [1.54, 1.807) is 18.5 Å². The van der Waals surface area contributed by atoms with Crippen LogP contribution in [0.3, 0.4) is 0 Å². The van der Waals surface area contributed by atoms with E-state index < -0.39 is 0 Å². The molecule has 0 saturated heterocycles. The van der Waals surface area contributed by atoms with E-state index in [9.17, 15) is 4.79 Å². The number of carbonyl (C=O) groups excluding carboxylic acids is 1. The average Bonchev–Trinajstić information content (AvgIpc) is 3.27. The number of carbonyl (C=O) groups is 1. The van der Waals surface area contributed by atoms with Crippen molar-refractivity contribution in [3.05, 3.63) is 66.6 Å². The summed E-state index contributed by atoms with van der Waals surface area (Å²) >= 11 is 0. The van der Waals surface area contributed by atoms with E-state index in [0.29, 0.717) is 11.6 Å². The molecule has 0 bridgehead atoms. The number of rotatable bonds is 4. The van der Waals surface area contributed by atoms with Gasteiger partial charge in [-0.15, -0.1) is 0 Å². The highest BCUT2D eigenvalue weighted by Gasteiger charge is 2.23. The summed E-state index contributed by atoms with van der Waals surface area (Å²) in [6, 6.07) is 13.9. The monoisotopic (exact) mass is 304 g/mol. The fourth-order valence-corrected chi connectivity index (χ4v) is 2.37. The maximum Gasteiger partial charge on any atom is 0.253 e. The van der Waals surface area contributed by atoms with Gasteiger partial charge in [0.25, 0.3) is 5.91 Å². The maximum absolute atomic E-state index is 12.0. The van der Waals surface area contributed by atoms with Crippen molar-refractivity contribution in [3.8, 4) is 16.9 Å². The lowest BCUT2D eigenvalue weighted by molar-refractivity contribution is 0.0950. The number of benzene rings is 1. The lowest BCUT2D eigenvalue weighted by atomic mass is 10.2. The van der Waals surface area contributed by atoms with Gasteiger partial charge in [0.15, 0.2) is 0 Å². The van der Waals surface area contributed by atoms with Crippen molar-refractivity contribution in [2.24, 2.45) is 0 Å². The Labute approximate surface area is 134 Å². The normalized spacial score (nSPS) is 13.7. The molecule has 1 aromatic carbocycles. The summed E-state index contributed by atoms with van der Waals surface area (Å²) < 4.78 is 1.81. The van der Waals surface area contributed by atoms with Gasteiger partial charge in [-0.1, -0.05) is 18.2 Å². The van der Waals surface area contributed by atoms with E-state index in [2.05, 4.69) is 15.4 Å². The first kappa shape index (κ1) is 13.7. The van der Waals surface area contributed by atoms with Gasteiger partial charge >= 0.3 is 0 Å². The molecule has 1 saturated carbocycles. The molecule has 2 aromatic heterocycles. The van der Waals surface area contributed by atoms with Crippen LogP contribution in [0.4, 0.5) is 0 Å². The number of para-hydroxylation sites is 1. The largest absolute Gasteiger partial charge is 0.349 e. The number of nitrogens with zero attached hydrogens (tertiary/aromatic N) is 3. The third kappa shape index (κ3) is 2.99. The molecule has 1 aliphatic carbocycles. The first-order valence-corrected chi connectivity index (χ1v) is 7.67. The number of pyridine rings is 1. The van der Waals surface area contributed by atoms with E-state index in [4.69, 9.17) is 0 Å². The highest BCUT2D eigenvalue weighted by atomic mass is 16.1. The Hall–Kier alpha value is -2.95. The summed E-state index contributed by atoms with van der Waals surface area (Å²) in [7, 11) is 0. The van der Waals surface area contributed by atoms with Crippen molar-refractivity contribution >= 4 is 5.91 Å². The lowest BCUT2D eigenvalue weighted by Crippen LogP contribution is -2.25. The van der Waals surface area contributed by atoms with E-state index in [-0.39, 0.29) is 5.91 Å². The Morgan fingerprint density at radius 2 is 1.91 bits per heavy atom. The number of aromatic nitrogens is 3. The van der Waals surface area contributed by atoms with Gasteiger partial charge in [0.1, 0.15) is 0 Å². The third-order valence-electron chi connectivity index (χ3n) is 3.84. The van der Waals surface area contributed by atoms with Gasteiger partial charge in [-0.25, -0.2) is 4.68 Å². The lowest BCUT2D eigenvalue weighted by Gasteiger charge is -2.03. The Bertz CT molecular complexity index is 820. The fraction of sp³-hybridized carbons (Fsp3) is 0.167. The van der Waals surface area contributed by atoms with Crippen LogP contribution >= 0.6 is 0 Å². The molecule has 2 heterocycles. The molecule has 1 aliphatic rings. The zero-order chi connectivity index (χ0) is 15.6. The van der Waals surface area contributed by atoms with Crippen LogP contribution in [-0.4, -0.2) is 26.7 Å². The molecule has 0 spiro atoms. The number of nitrogens with one attached hydrogen (secondary N) is 1. The quantitative estimate of drug-likeness (QED) is 0.806. The van der Waals surface area contributed by atoms with Gasteiger partial charge in [-0.05, 0) is 37.1 Å². The smallest absolute Gasteiger partial charge is 0.253 e. The molecule has 1 amide bonds. The average molecular weight is 304 g/mol. The van der Waals surface area contributed by atoms with Crippen LogP contribution in [-0.2, 0) is 0 Å². The van der Waals surface area contributed by atoms with Crippen LogP contribution in [0.1, 0.15) is 23.2 Å². The second kappa shape index (κ2) is 5.68. The summed E-state index contributed by atoms with van der Waals surface area (Å²) in [4.78, 5) is 16.4. The molecule has 1 N–H and O–H groups in total. The summed E-state index contributed by atoms with van der Waals surface area (Å²) in [5, 5.41) is 7.32. The molecule has 4 rings (SSSR count). The molecule has 3 aromatic rings. The minimum Gasteiger partial charge on any atom is -0.349 e. The molecule has 0 unspecified atom stereocenters. The highest BCUT2D eigenvalue weighted by molar-refractivity contribution is 5.94. The maximum atomic E-state index is 12.0. The van der Waals surface area contributed by atoms with E-state index in [1.807, 2.05) is 47.3 Å². The van der Waals surface area contributed by atoms with Crippen LogP contribution in [0.25, 0.3) is 16.9 Å². The molecular weight excluding hydrogens is 288 g/mol. The van der Waals surface area contributed by atoms with Crippen molar-refractivity contribution in [3.63, 3.8) is 0 Å². The van der Waals surface area contributed by atoms with Crippen LogP contribution < -0.4 is 5.32 Å². The molecule has 5 nitrogen and oxygen atoms in total. The predicted octanol–water partition coefficient (Wildman–Crippen LogP) is 2.83. The van der Waals surface area contributed by atoms with Crippen molar-refractivity contribution in [2.75, 3.05) is 0 Å². The minimum atomic E-state index is -0.0495. The standard InChI is InChI=1S/C18H16N4O/c23-18(21-15-7-8-15)13-6-9-17(19-10-13)14-11-20-22(12-14)16-4-2-1-3-5-16/h1-6,9-12,15H,7-8H2,(H,21,23). The SMILES string of the molecule is O=C(NC1CC1)c1ccc(-c2cnn(-c3ccccc3)c2)nc1. The Morgan fingerprint density at radius 1 is 1.09 bits per heavy atom. The van der Waals surface area contributed by atoms with Crippen molar-refractivity contribution < 1.29 is 4.79 Å². The minimum absolute atomic E-state index is 0.0495. The van der Waals surface area contributed by atoms with Crippen molar-refractivity contribution in [2.45, 2.75) is 18.9 Å². The Balaban J connectivity index is 1.54. The van der Waals surface area contributed by atoms with Crippen LogP contribution in [0.2, 0.25) is 0 Å². The van der Waals surface area contributed by atoms with Gasteiger partial charge in [-0.2, -0.15) is 5.10 Å². The second-order valence-corrected chi connectivity index (χ2v) is 5.69. The molecule has 5 heteroatoms. The Kier molecular flexibility index (Phi) is 3.38. The van der Waals surface area contributed by atoms with E-state index in [0.717, 1.165) is 29.8 Å². The fourth-order valence-electron chi connectivity index (χ4n) is 2.37. The van der Waals surface area contributed by atoms with Crippen LogP contribution in [0.5, 0.6) is 0 Å². The number of amides is 1. The molecule has 0 atom stereocenters. The predicted molar refractivity (Wildman–Crippen MR) is 87.3 cm³/mol. The van der Waals surface area contributed by atoms with E-state index in [1.165, 1.54) is 0 Å². The first-order chi connectivity index (χ1) is 11.3. The topological polar surface area (TPSA) is 59.8 Å². The third-order valence-corrected chi connectivity index (χ3v) is 3.84. The Morgan fingerprint density at radius 3 is 2.61 bits per heavy atom. The van der Waals surface area contributed by atoms with Gasteiger partial charge in [0, 0.05) is 24.0 Å². The number of hydrogen-bond donors (Lipinski definition) is 1. The van der Waals surface area contributed by atoms with Gasteiger partial charge in [0.05, 0.1) is 23.1 Å². The van der Waals surface area contributed by atoms with Gasteiger partial charge < -0.3 is 5.32 Å². The molecule has 1 fully saturated rings. The zero-order valence-corrected chi connectivity index (χ0v) is 12.5. The molecule has 0 aliphatic heterocycles. The summed E-state index contributed by atoms with van der Waals surface area (Å²) in [5.74, 6) is -0.0495.